The Kier molecular flexibility index (Phi) is 8.19. The van der Waals surface area contributed by atoms with Crippen LogP contribution in [0.15, 0.2) is 36.4 Å². The molecule has 1 aromatic heterocycles. The van der Waals surface area contributed by atoms with E-state index in [1.165, 1.54) is 0 Å². The molecule has 10 nitrogen and oxygen atoms in total. The van der Waals surface area contributed by atoms with Crippen molar-refractivity contribution in [3.8, 4) is 23.0 Å². The largest absolute Gasteiger partial charge is 0.493 e. The second kappa shape index (κ2) is 10.9. The highest BCUT2D eigenvalue weighted by atomic mass is 35.5. The number of nitrogens with two attached hydrogens (primary N) is 1. The summed E-state index contributed by atoms with van der Waals surface area (Å²) < 4.78 is 22.2. The fraction of sp³-hybridized carbons (Fsp3) is 0.400. The number of nitrogen functional groups attached to an aromatic ring is 1. The van der Waals surface area contributed by atoms with Crippen LogP contribution in [0.3, 0.4) is 0 Å². The summed E-state index contributed by atoms with van der Waals surface area (Å²) in [6.07, 6.45) is 0. The quantitative estimate of drug-likeness (QED) is 0.505. The summed E-state index contributed by atoms with van der Waals surface area (Å²) in [6.45, 7) is 5.67. The third-order valence-corrected chi connectivity index (χ3v) is 6.02. The number of aromatic nitrogens is 2. The first-order valence-corrected chi connectivity index (χ1v) is 11.3. The van der Waals surface area contributed by atoms with E-state index >= 15 is 0 Å². The Morgan fingerprint density at radius 1 is 0.889 bits per heavy atom. The van der Waals surface area contributed by atoms with Gasteiger partial charge in [-0.05, 0) is 32.0 Å². The van der Waals surface area contributed by atoms with Crippen LogP contribution in [0.25, 0.3) is 10.9 Å². The molecule has 2 aromatic carbocycles. The van der Waals surface area contributed by atoms with Gasteiger partial charge in [-0.15, -0.1) is 12.4 Å². The van der Waals surface area contributed by atoms with Gasteiger partial charge in [0.25, 0.3) is 5.91 Å². The van der Waals surface area contributed by atoms with Gasteiger partial charge in [0.1, 0.15) is 5.82 Å². The average Bonchev–Trinajstić information content (AvgIpc) is 2.87. The van der Waals surface area contributed by atoms with E-state index in [1.54, 1.807) is 64.3 Å². The van der Waals surface area contributed by atoms with Gasteiger partial charge < -0.3 is 34.5 Å². The minimum absolute atomic E-state index is 0. The predicted octanol–water partition coefficient (Wildman–Crippen LogP) is 3.17. The maximum Gasteiger partial charge on any atom is 0.266 e. The van der Waals surface area contributed by atoms with Crippen molar-refractivity contribution in [1.82, 2.24) is 14.9 Å². The number of benzene rings is 2. The van der Waals surface area contributed by atoms with Crippen LogP contribution in [0.5, 0.6) is 23.0 Å². The number of hydrogen-bond acceptors (Lipinski definition) is 9. The van der Waals surface area contributed by atoms with E-state index in [0.29, 0.717) is 71.8 Å². The number of ether oxygens (including phenoxy) is 4. The van der Waals surface area contributed by atoms with Crippen molar-refractivity contribution in [2.45, 2.75) is 19.4 Å². The van der Waals surface area contributed by atoms with E-state index < -0.39 is 5.60 Å². The zero-order valence-electron chi connectivity index (χ0n) is 21.1. The molecule has 2 N–H and O–H groups in total. The van der Waals surface area contributed by atoms with Gasteiger partial charge in [0.15, 0.2) is 28.6 Å². The molecule has 194 valence electrons. The molecule has 1 aliphatic rings. The Hall–Kier alpha value is -3.66. The normalized spacial score (nSPS) is 13.7. The van der Waals surface area contributed by atoms with Gasteiger partial charge in [0.05, 0.1) is 26.8 Å². The van der Waals surface area contributed by atoms with Gasteiger partial charge in [-0.2, -0.15) is 4.98 Å². The van der Waals surface area contributed by atoms with Crippen LogP contribution in [-0.4, -0.2) is 73.9 Å². The Balaban J connectivity index is 0.00000361. The Bertz CT molecular complexity index is 1230. The second-order valence-corrected chi connectivity index (χ2v) is 8.68. The average molecular weight is 518 g/mol. The van der Waals surface area contributed by atoms with Gasteiger partial charge in [-0.25, -0.2) is 4.98 Å². The molecule has 0 unspecified atom stereocenters. The number of piperazine rings is 1. The van der Waals surface area contributed by atoms with Crippen LogP contribution < -0.4 is 29.6 Å². The van der Waals surface area contributed by atoms with Crippen LogP contribution in [0.4, 0.5) is 11.8 Å². The molecule has 0 spiro atoms. The molecule has 0 radical (unpaired) electrons. The smallest absolute Gasteiger partial charge is 0.266 e. The Morgan fingerprint density at radius 2 is 1.47 bits per heavy atom. The molecule has 4 rings (SSSR count). The third-order valence-electron chi connectivity index (χ3n) is 6.02. The summed E-state index contributed by atoms with van der Waals surface area (Å²) in [7, 11) is 4.72. The number of rotatable bonds is 7. The van der Waals surface area contributed by atoms with Crippen molar-refractivity contribution in [1.29, 1.82) is 0 Å². The molecule has 1 amide bonds. The summed E-state index contributed by atoms with van der Waals surface area (Å²) >= 11 is 0. The van der Waals surface area contributed by atoms with Crippen molar-refractivity contribution in [3.63, 3.8) is 0 Å². The maximum atomic E-state index is 13.3. The van der Waals surface area contributed by atoms with E-state index in [9.17, 15) is 4.79 Å². The first-order valence-electron chi connectivity index (χ1n) is 11.3. The minimum Gasteiger partial charge on any atom is -0.493 e. The monoisotopic (exact) mass is 517 g/mol. The lowest BCUT2D eigenvalue weighted by Crippen LogP contribution is -2.56. The van der Waals surface area contributed by atoms with Crippen LogP contribution in [0, 0.1) is 0 Å². The lowest BCUT2D eigenvalue weighted by atomic mass is 10.1. The van der Waals surface area contributed by atoms with Crippen LogP contribution >= 0.6 is 12.4 Å². The van der Waals surface area contributed by atoms with Crippen LogP contribution in [0.1, 0.15) is 13.8 Å². The van der Waals surface area contributed by atoms with Crippen molar-refractivity contribution in [2.75, 3.05) is 58.1 Å². The van der Waals surface area contributed by atoms with Gasteiger partial charge >= 0.3 is 0 Å². The third kappa shape index (κ3) is 5.28. The SMILES string of the molecule is COc1cc2nc(N3CCN(C(=O)C(C)(C)Oc4ccccc4OC)CC3)nc(N)c2cc1OC.Cl. The molecular weight excluding hydrogens is 486 g/mol. The number of anilines is 2. The van der Waals surface area contributed by atoms with E-state index in [1.807, 2.05) is 17.0 Å². The van der Waals surface area contributed by atoms with E-state index in [-0.39, 0.29) is 18.3 Å². The van der Waals surface area contributed by atoms with Gasteiger partial charge in [0, 0.05) is 37.6 Å². The fourth-order valence-electron chi connectivity index (χ4n) is 4.12. The summed E-state index contributed by atoms with van der Waals surface area (Å²) in [4.78, 5) is 26.3. The molecule has 0 saturated carbocycles. The first-order chi connectivity index (χ1) is 16.8. The molecule has 11 heteroatoms. The highest BCUT2D eigenvalue weighted by Crippen LogP contribution is 2.34. The number of methoxy groups -OCH3 is 3. The lowest BCUT2D eigenvalue weighted by Gasteiger charge is -2.38. The molecule has 0 atom stereocenters. The second-order valence-electron chi connectivity index (χ2n) is 8.68. The molecule has 1 saturated heterocycles. The van der Waals surface area contributed by atoms with Crippen molar-refractivity contribution in [2.24, 2.45) is 0 Å². The van der Waals surface area contributed by atoms with Gasteiger partial charge in [0.2, 0.25) is 5.95 Å². The summed E-state index contributed by atoms with van der Waals surface area (Å²) in [5.74, 6) is 3.01. The number of carbonyl (C=O) groups excluding carboxylic acids is 1. The predicted molar refractivity (Wildman–Crippen MR) is 141 cm³/mol. The number of amides is 1. The van der Waals surface area contributed by atoms with E-state index in [2.05, 4.69) is 4.98 Å². The minimum atomic E-state index is -1.06. The summed E-state index contributed by atoms with van der Waals surface area (Å²) in [5.41, 5.74) is 5.85. The zero-order chi connectivity index (χ0) is 25.2. The summed E-state index contributed by atoms with van der Waals surface area (Å²) in [6, 6.07) is 10.8. The number of fused-ring (bicyclic) bond motifs is 1. The van der Waals surface area contributed by atoms with Crippen molar-refractivity contribution in [3.05, 3.63) is 36.4 Å². The lowest BCUT2D eigenvalue weighted by molar-refractivity contribution is -0.145. The Morgan fingerprint density at radius 3 is 2.08 bits per heavy atom. The maximum absolute atomic E-state index is 13.3. The molecular formula is C25H32ClN5O5. The highest BCUT2D eigenvalue weighted by Gasteiger charge is 2.36. The van der Waals surface area contributed by atoms with Gasteiger partial charge in [-0.3, -0.25) is 4.79 Å². The Labute approximate surface area is 216 Å². The van der Waals surface area contributed by atoms with Crippen LogP contribution in [-0.2, 0) is 4.79 Å². The molecule has 36 heavy (non-hydrogen) atoms. The number of halogens is 1. The highest BCUT2D eigenvalue weighted by molar-refractivity contribution is 5.92. The van der Waals surface area contributed by atoms with Crippen LogP contribution in [0.2, 0.25) is 0 Å². The van der Waals surface area contributed by atoms with Crippen molar-refractivity contribution < 1.29 is 23.7 Å². The number of nitrogens with zero attached hydrogens (tertiary/aromatic N) is 4. The van der Waals surface area contributed by atoms with Gasteiger partial charge in [-0.1, -0.05) is 12.1 Å². The molecule has 0 aliphatic carbocycles. The first kappa shape index (κ1) is 26.9. The number of carbonyl (C=O) groups is 1. The molecule has 2 heterocycles. The molecule has 0 bridgehead atoms. The summed E-state index contributed by atoms with van der Waals surface area (Å²) in [5, 5.41) is 0.690. The standard InChI is InChI=1S/C25H31N5O5.ClH/c1-25(2,35-19-9-7-6-8-18(19)32-3)23(31)29-10-12-30(13-11-29)24-27-17-15-21(34-5)20(33-4)14-16(17)22(26)28-24;/h6-9,14-15H,10-13H2,1-5H3,(H2,26,27,28);1H. The zero-order valence-corrected chi connectivity index (χ0v) is 21.9. The van der Waals surface area contributed by atoms with E-state index in [0.717, 1.165) is 0 Å². The fourth-order valence-corrected chi connectivity index (χ4v) is 4.12. The topological polar surface area (TPSA) is 112 Å². The number of para-hydroxylation sites is 2. The molecule has 1 aliphatic heterocycles. The number of hydrogen-bond donors (Lipinski definition) is 1. The molecule has 3 aromatic rings. The van der Waals surface area contributed by atoms with E-state index in [4.69, 9.17) is 29.7 Å². The molecule has 1 fully saturated rings. The van der Waals surface area contributed by atoms with Crippen molar-refractivity contribution >= 4 is 41.0 Å².